The molecule has 0 aliphatic carbocycles. The minimum atomic E-state index is -0.482. The Morgan fingerprint density at radius 3 is 2.33 bits per heavy atom. The fourth-order valence-electron chi connectivity index (χ4n) is 1.36. The van der Waals surface area contributed by atoms with E-state index in [4.69, 9.17) is 0 Å². The summed E-state index contributed by atoms with van der Waals surface area (Å²) in [6, 6.07) is 0. The zero-order chi connectivity index (χ0) is 9.56. The maximum atomic E-state index is 11.3. The molecule has 0 aliphatic rings. The van der Waals surface area contributed by atoms with Gasteiger partial charge in [0.2, 0.25) is 0 Å². The average Bonchev–Trinajstić information content (AvgIpc) is 2.04. The summed E-state index contributed by atoms with van der Waals surface area (Å²) in [6.45, 7) is 5.65. The van der Waals surface area contributed by atoms with Crippen LogP contribution in [0.1, 0.15) is 46.5 Å². The molecule has 0 rings (SSSR count). The van der Waals surface area contributed by atoms with E-state index >= 15 is 0 Å². The lowest BCUT2D eigenvalue weighted by Crippen LogP contribution is -2.25. The van der Waals surface area contributed by atoms with Gasteiger partial charge in [0.15, 0.2) is 0 Å². The number of carbonyl (C=O) groups is 1. The third-order valence-electron chi connectivity index (χ3n) is 2.21. The van der Waals surface area contributed by atoms with Crippen LogP contribution in [0.2, 0.25) is 0 Å². The minimum Gasteiger partial charge on any atom is -0.393 e. The Morgan fingerprint density at radius 2 is 2.00 bits per heavy atom. The summed E-state index contributed by atoms with van der Waals surface area (Å²) < 4.78 is 0. The summed E-state index contributed by atoms with van der Waals surface area (Å²) in [5.41, 5.74) is 0. The zero-order valence-corrected chi connectivity index (χ0v) is 8.34. The van der Waals surface area contributed by atoms with Crippen molar-refractivity contribution in [2.45, 2.75) is 52.6 Å². The van der Waals surface area contributed by atoms with E-state index in [0.29, 0.717) is 6.42 Å². The molecule has 0 aromatic heterocycles. The van der Waals surface area contributed by atoms with Crippen molar-refractivity contribution in [3.05, 3.63) is 0 Å². The Bertz CT molecular complexity index is 130. The van der Waals surface area contributed by atoms with Gasteiger partial charge in [0.1, 0.15) is 5.78 Å². The van der Waals surface area contributed by atoms with Gasteiger partial charge < -0.3 is 5.11 Å². The van der Waals surface area contributed by atoms with Crippen LogP contribution < -0.4 is 0 Å². The van der Waals surface area contributed by atoms with E-state index < -0.39 is 6.10 Å². The summed E-state index contributed by atoms with van der Waals surface area (Å²) in [5, 5.41) is 9.32. The molecule has 1 N–H and O–H groups in total. The van der Waals surface area contributed by atoms with E-state index in [9.17, 15) is 9.90 Å². The number of carbonyl (C=O) groups excluding carboxylic acids is 1. The molecule has 2 atom stereocenters. The van der Waals surface area contributed by atoms with E-state index in [2.05, 4.69) is 6.92 Å². The molecule has 0 bridgehead atoms. The van der Waals surface area contributed by atoms with Crippen molar-refractivity contribution in [2.75, 3.05) is 0 Å². The van der Waals surface area contributed by atoms with Gasteiger partial charge >= 0.3 is 0 Å². The van der Waals surface area contributed by atoms with Gasteiger partial charge in [-0.3, -0.25) is 4.79 Å². The maximum Gasteiger partial charge on any atom is 0.138 e. The van der Waals surface area contributed by atoms with Gasteiger partial charge in [0.25, 0.3) is 0 Å². The van der Waals surface area contributed by atoms with Crippen LogP contribution in [0.5, 0.6) is 0 Å². The number of aliphatic hydroxyl groups is 1. The molecule has 0 amide bonds. The smallest absolute Gasteiger partial charge is 0.138 e. The van der Waals surface area contributed by atoms with E-state index in [1.807, 2.05) is 6.92 Å². The van der Waals surface area contributed by atoms with Gasteiger partial charge in [-0.1, -0.05) is 26.7 Å². The lowest BCUT2D eigenvalue weighted by Gasteiger charge is -2.17. The van der Waals surface area contributed by atoms with Crippen molar-refractivity contribution in [2.24, 2.45) is 5.92 Å². The molecule has 0 heterocycles. The largest absolute Gasteiger partial charge is 0.393 e. The van der Waals surface area contributed by atoms with Crippen LogP contribution in [0.25, 0.3) is 0 Å². The number of hydrogen-bond acceptors (Lipinski definition) is 2. The van der Waals surface area contributed by atoms with Crippen molar-refractivity contribution in [1.29, 1.82) is 0 Å². The van der Waals surface area contributed by atoms with Crippen molar-refractivity contribution in [3.63, 3.8) is 0 Å². The van der Waals surface area contributed by atoms with Gasteiger partial charge in [-0.15, -0.1) is 0 Å². The van der Waals surface area contributed by atoms with Gasteiger partial charge in [-0.2, -0.15) is 0 Å². The molecular weight excluding hydrogens is 152 g/mol. The molecule has 0 fully saturated rings. The number of hydrogen-bond donors (Lipinski definition) is 1. The molecule has 72 valence electrons. The van der Waals surface area contributed by atoms with Crippen LogP contribution >= 0.6 is 0 Å². The van der Waals surface area contributed by atoms with E-state index in [0.717, 1.165) is 19.3 Å². The lowest BCUT2D eigenvalue weighted by atomic mass is 9.91. The van der Waals surface area contributed by atoms with E-state index in [1.165, 1.54) is 0 Å². The molecule has 0 aliphatic heterocycles. The molecule has 2 unspecified atom stereocenters. The highest BCUT2D eigenvalue weighted by atomic mass is 16.3. The SMILES string of the molecule is CCCCC(C(=O)CC)C(C)O. The first-order valence-electron chi connectivity index (χ1n) is 4.84. The first-order chi connectivity index (χ1) is 5.63. The Hall–Kier alpha value is -0.370. The molecule has 0 radical (unpaired) electrons. The summed E-state index contributed by atoms with van der Waals surface area (Å²) >= 11 is 0. The Balaban J connectivity index is 3.95. The van der Waals surface area contributed by atoms with Crippen molar-refractivity contribution >= 4 is 5.78 Å². The molecule has 0 spiro atoms. The molecular formula is C10H20O2. The molecule has 2 heteroatoms. The summed E-state index contributed by atoms with van der Waals surface area (Å²) in [4.78, 5) is 11.3. The summed E-state index contributed by atoms with van der Waals surface area (Å²) in [6.07, 6.45) is 3.01. The minimum absolute atomic E-state index is 0.130. The van der Waals surface area contributed by atoms with E-state index in [1.54, 1.807) is 6.92 Å². The Labute approximate surface area is 75.0 Å². The molecule has 0 aromatic carbocycles. The highest BCUT2D eigenvalue weighted by Crippen LogP contribution is 2.15. The summed E-state index contributed by atoms with van der Waals surface area (Å²) in [7, 11) is 0. The predicted octanol–water partition coefficient (Wildman–Crippen LogP) is 2.15. The van der Waals surface area contributed by atoms with Gasteiger partial charge in [0.05, 0.1) is 6.10 Å². The topological polar surface area (TPSA) is 37.3 Å². The Kier molecular flexibility index (Phi) is 5.99. The highest BCUT2D eigenvalue weighted by Gasteiger charge is 2.20. The third kappa shape index (κ3) is 3.86. The first-order valence-corrected chi connectivity index (χ1v) is 4.84. The fraction of sp³-hybridized carbons (Fsp3) is 0.900. The Morgan fingerprint density at radius 1 is 1.42 bits per heavy atom. The van der Waals surface area contributed by atoms with Gasteiger partial charge in [0, 0.05) is 12.3 Å². The van der Waals surface area contributed by atoms with Gasteiger partial charge in [-0.25, -0.2) is 0 Å². The van der Waals surface area contributed by atoms with Crippen LogP contribution in [0.4, 0.5) is 0 Å². The number of rotatable bonds is 6. The second-order valence-electron chi connectivity index (χ2n) is 3.31. The normalized spacial score (nSPS) is 15.7. The van der Waals surface area contributed by atoms with Gasteiger partial charge in [-0.05, 0) is 13.3 Å². The van der Waals surface area contributed by atoms with Crippen LogP contribution in [-0.2, 0) is 4.79 Å². The van der Waals surface area contributed by atoms with Crippen LogP contribution in [0, 0.1) is 5.92 Å². The second kappa shape index (κ2) is 6.18. The number of unbranched alkanes of at least 4 members (excludes halogenated alkanes) is 1. The predicted molar refractivity (Wildman–Crippen MR) is 50.0 cm³/mol. The third-order valence-corrected chi connectivity index (χ3v) is 2.21. The molecule has 2 nitrogen and oxygen atoms in total. The number of Topliss-reactive ketones (excluding diaryl/α,β-unsaturated/α-hetero) is 1. The monoisotopic (exact) mass is 172 g/mol. The van der Waals surface area contributed by atoms with Crippen LogP contribution in [0.3, 0.4) is 0 Å². The van der Waals surface area contributed by atoms with Crippen LogP contribution in [-0.4, -0.2) is 17.0 Å². The van der Waals surface area contributed by atoms with Crippen LogP contribution in [0.15, 0.2) is 0 Å². The maximum absolute atomic E-state index is 11.3. The van der Waals surface area contributed by atoms with Crippen molar-refractivity contribution < 1.29 is 9.90 Å². The number of ketones is 1. The zero-order valence-electron chi connectivity index (χ0n) is 8.34. The first kappa shape index (κ1) is 11.6. The second-order valence-corrected chi connectivity index (χ2v) is 3.31. The molecule has 0 saturated heterocycles. The molecule has 0 saturated carbocycles. The van der Waals surface area contributed by atoms with Crippen molar-refractivity contribution in [1.82, 2.24) is 0 Å². The standard InChI is InChI=1S/C10H20O2/c1-4-6-7-9(8(3)11)10(12)5-2/h8-9,11H,4-7H2,1-3H3. The van der Waals surface area contributed by atoms with E-state index in [-0.39, 0.29) is 11.7 Å². The average molecular weight is 172 g/mol. The fourth-order valence-corrected chi connectivity index (χ4v) is 1.36. The molecule has 12 heavy (non-hydrogen) atoms. The highest BCUT2D eigenvalue weighted by molar-refractivity contribution is 5.81. The summed E-state index contributed by atoms with van der Waals surface area (Å²) in [5.74, 6) is 0.0633. The molecule has 0 aromatic rings. The quantitative estimate of drug-likeness (QED) is 0.666. The number of aliphatic hydroxyl groups excluding tert-OH is 1. The van der Waals surface area contributed by atoms with Crippen molar-refractivity contribution in [3.8, 4) is 0 Å². The lowest BCUT2D eigenvalue weighted by molar-refractivity contribution is -0.126.